The molecule has 2 N–H and O–H groups in total. The van der Waals surface area contributed by atoms with Crippen LogP contribution in [0.25, 0.3) is 0 Å². The van der Waals surface area contributed by atoms with Crippen molar-refractivity contribution in [1.82, 2.24) is 10.2 Å². The van der Waals surface area contributed by atoms with E-state index in [1.54, 1.807) is 6.08 Å². The zero-order valence-corrected chi connectivity index (χ0v) is 9.90. The van der Waals surface area contributed by atoms with Crippen molar-refractivity contribution < 1.29 is 14.7 Å². The molecule has 0 rings (SSSR count). The fourth-order valence-electron chi connectivity index (χ4n) is 1.30. The molecule has 0 saturated carbocycles. The van der Waals surface area contributed by atoms with Crippen LogP contribution in [0.5, 0.6) is 0 Å². The molecular formula is C11H20N2O3. The standard InChI is InChI=1S/C11H20N2O3/c1-4-7-9(10(14)15)12-11(16)13(6-3)8-5-2/h5,9H,2,4,6-8H2,1,3H3,(H,12,16)(H,14,15). The lowest BCUT2D eigenvalue weighted by molar-refractivity contribution is -0.139. The van der Waals surface area contributed by atoms with Gasteiger partial charge in [0.2, 0.25) is 0 Å². The van der Waals surface area contributed by atoms with Crippen molar-refractivity contribution in [2.24, 2.45) is 0 Å². The molecule has 2 amide bonds. The van der Waals surface area contributed by atoms with Crippen molar-refractivity contribution in [3.05, 3.63) is 12.7 Å². The van der Waals surface area contributed by atoms with Gasteiger partial charge in [0.1, 0.15) is 6.04 Å². The van der Waals surface area contributed by atoms with E-state index in [0.29, 0.717) is 25.9 Å². The van der Waals surface area contributed by atoms with Crippen molar-refractivity contribution in [2.45, 2.75) is 32.7 Å². The van der Waals surface area contributed by atoms with Crippen molar-refractivity contribution in [3.8, 4) is 0 Å². The Kier molecular flexibility index (Phi) is 7.00. The molecule has 0 aromatic rings. The van der Waals surface area contributed by atoms with Gasteiger partial charge >= 0.3 is 12.0 Å². The number of carboxylic acids is 1. The molecule has 1 atom stereocenters. The lowest BCUT2D eigenvalue weighted by Gasteiger charge is -2.22. The molecule has 0 fully saturated rings. The van der Waals surface area contributed by atoms with Gasteiger partial charge < -0.3 is 15.3 Å². The van der Waals surface area contributed by atoms with Gasteiger partial charge in [-0.3, -0.25) is 0 Å². The van der Waals surface area contributed by atoms with E-state index in [2.05, 4.69) is 11.9 Å². The highest BCUT2D eigenvalue weighted by Gasteiger charge is 2.20. The first-order valence-corrected chi connectivity index (χ1v) is 5.45. The van der Waals surface area contributed by atoms with E-state index in [1.165, 1.54) is 4.90 Å². The Morgan fingerprint density at radius 2 is 2.12 bits per heavy atom. The number of carboxylic acid groups (broad SMARTS) is 1. The van der Waals surface area contributed by atoms with Crippen molar-refractivity contribution in [2.75, 3.05) is 13.1 Å². The SMILES string of the molecule is C=CCN(CC)C(=O)NC(CCC)C(=O)O. The van der Waals surface area contributed by atoms with E-state index in [0.717, 1.165) is 0 Å². The van der Waals surface area contributed by atoms with Gasteiger partial charge in [-0.2, -0.15) is 0 Å². The van der Waals surface area contributed by atoms with Crippen LogP contribution in [0, 0.1) is 0 Å². The normalized spacial score (nSPS) is 11.6. The molecule has 0 aromatic heterocycles. The first kappa shape index (κ1) is 14.5. The van der Waals surface area contributed by atoms with Gasteiger partial charge in [-0.1, -0.05) is 19.4 Å². The number of hydrogen-bond acceptors (Lipinski definition) is 2. The fourth-order valence-corrected chi connectivity index (χ4v) is 1.30. The monoisotopic (exact) mass is 228 g/mol. The van der Waals surface area contributed by atoms with Gasteiger partial charge in [0.05, 0.1) is 0 Å². The van der Waals surface area contributed by atoms with Crippen molar-refractivity contribution in [3.63, 3.8) is 0 Å². The zero-order valence-electron chi connectivity index (χ0n) is 9.90. The second kappa shape index (κ2) is 7.73. The van der Waals surface area contributed by atoms with Crippen LogP contribution in [-0.2, 0) is 4.79 Å². The number of rotatable bonds is 7. The molecule has 5 heteroatoms. The smallest absolute Gasteiger partial charge is 0.326 e. The van der Waals surface area contributed by atoms with Gasteiger partial charge in [-0.15, -0.1) is 6.58 Å². The molecule has 1 unspecified atom stereocenters. The van der Waals surface area contributed by atoms with E-state index < -0.39 is 12.0 Å². The second-order valence-corrected chi connectivity index (χ2v) is 3.46. The van der Waals surface area contributed by atoms with Crippen molar-refractivity contribution >= 4 is 12.0 Å². The molecule has 0 saturated heterocycles. The molecule has 0 bridgehead atoms. The van der Waals surface area contributed by atoms with Crippen LogP contribution in [0.15, 0.2) is 12.7 Å². The minimum Gasteiger partial charge on any atom is -0.480 e. The summed E-state index contributed by atoms with van der Waals surface area (Å²) in [4.78, 5) is 24.0. The van der Waals surface area contributed by atoms with E-state index >= 15 is 0 Å². The largest absolute Gasteiger partial charge is 0.480 e. The Morgan fingerprint density at radius 3 is 2.50 bits per heavy atom. The highest BCUT2D eigenvalue weighted by molar-refractivity contribution is 5.82. The summed E-state index contributed by atoms with van der Waals surface area (Å²) in [7, 11) is 0. The van der Waals surface area contributed by atoms with E-state index in [1.807, 2.05) is 13.8 Å². The van der Waals surface area contributed by atoms with Gasteiger partial charge in [-0.05, 0) is 13.3 Å². The number of aliphatic carboxylic acids is 1. The fraction of sp³-hybridized carbons (Fsp3) is 0.636. The molecule has 92 valence electrons. The summed E-state index contributed by atoms with van der Waals surface area (Å²) in [5.41, 5.74) is 0. The average molecular weight is 228 g/mol. The number of carbonyl (C=O) groups is 2. The quantitative estimate of drug-likeness (QED) is 0.648. The predicted molar refractivity (Wildman–Crippen MR) is 62.3 cm³/mol. The molecule has 0 heterocycles. The van der Waals surface area contributed by atoms with Crippen molar-refractivity contribution in [1.29, 1.82) is 0 Å². The summed E-state index contributed by atoms with van der Waals surface area (Å²) in [6, 6.07) is -1.17. The Morgan fingerprint density at radius 1 is 1.50 bits per heavy atom. The number of likely N-dealkylation sites (N-methyl/N-ethyl adjacent to an activating group) is 1. The predicted octanol–water partition coefficient (Wildman–Crippen LogP) is 1.46. The highest BCUT2D eigenvalue weighted by atomic mass is 16.4. The van der Waals surface area contributed by atoms with Crippen LogP contribution in [-0.4, -0.2) is 41.1 Å². The molecule has 0 aliphatic carbocycles. The minimum absolute atomic E-state index is 0.358. The molecule has 0 aliphatic heterocycles. The zero-order chi connectivity index (χ0) is 12.6. The average Bonchev–Trinajstić information content (AvgIpc) is 2.24. The van der Waals surface area contributed by atoms with Crippen LogP contribution >= 0.6 is 0 Å². The molecule has 0 spiro atoms. The highest BCUT2D eigenvalue weighted by Crippen LogP contribution is 1.99. The third-order valence-electron chi connectivity index (χ3n) is 2.19. The maximum absolute atomic E-state index is 11.7. The van der Waals surface area contributed by atoms with Crippen LogP contribution in [0.1, 0.15) is 26.7 Å². The van der Waals surface area contributed by atoms with Crippen LogP contribution < -0.4 is 5.32 Å². The molecule has 0 aromatic carbocycles. The number of hydrogen-bond donors (Lipinski definition) is 2. The first-order chi connectivity index (χ1) is 7.56. The molecule has 0 aliphatic rings. The topological polar surface area (TPSA) is 69.6 Å². The molecular weight excluding hydrogens is 208 g/mol. The number of amides is 2. The third kappa shape index (κ3) is 4.82. The molecule has 5 nitrogen and oxygen atoms in total. The lowest BCUT2D eigenvalue weighted by Crippen LogP contribution is -2.47. The molecule has 0 radical (unpaired) electrons. The summed E-state index contributed by atoms with van der Waals surface area (Å²) in [5, 5.41) is 11.4. The summed E-state index contributed by atoms with van der Waals surface area (Å²) in [5.74, 6) is -0.996. The molecule has 16 heavy (non-hydrogen) atoms. The number of carbonyl (C=O) groups excluding carboxylic acids is 1. The summed E-state index contributed by atoms with van der Waals surface area (Å²) >= 11 is 0. The van der Waals surface area contributed by atoms with Crippen LogP contribution in [0.2, 0.25) is 0 Å². The summed E-state index contributed by atoms with van der Waals surface area (Å²) < 4.78 is 0. The van der Waals surface area contributed by atoms with Gasteiger partial charge in [0.25, 0.3) is 0 Å². The van der Waals surface area contributed by atoms with Crippen LogP contribution in [0.3, 0.4) is 0 Å². The first-order valence-electron chi connectivity index (χ1n) is 5.45. The van der Waals surface area contributed by atoms with Gasteiger partial charge in [0, 0.05) is 13.1 Å². The van der Waals surface area contributed by atoms with E-state index in [-0.39, 0.29) is 6.03 Å². The summed E-state index contributed by atoms with van der Waals surface area (Å²) in [6.07, 6.45) is 2.76. The maximum atomic E-state index is 11.7. The lowest BCUT2D eigenvalue weighted by atomic mass is 10.2. The van der Waals surface area contributed by atoms with Gasteiger partial charge in [-0.25, -0.2) is 9.59 Å². The summed E-state index contributed by atoms with van der Waals surface area (Å²) in [6.45, 7) is 8.20. The Balaban J connectivity index is 4.36. The Labute approximate surface area is 96.1 Å². The maximum Gasteiger partial charge on any atom is 0.326 e. The Hall–Kier alpha value is -1.52. The van der Waals surface area contributed by atoms with Gasteiger partial charge in [0.15, 0.2) is 0 Å². The number of nitrogens with zero attached hydrogens (tertiary/aromatic N) is 1. The second-order valence-electron chi connectivity index (χ2n) is 3.46. The Bertz CT molecular complexity index is 254. The number of nitrogens with one attached hydrogen (secondary N) is 1. The number of urea groups is 1. The van der Waals surface area contributed by atoms with E-state index in [9.17, 15) is 9.59 Å². The minimum atomic E-state index is -0.996. The third-order valence-corrected chi connectivity index (χ3v) is 2.19. The van der Waals surface area contributed by atoms with Crippen LogP contribution in [0.4, 0.5) is 4.79 Å². The van der Waals surface area contributed by atoms with E-state index in [4.69, 9.17) is 5.11 Å².